The lowest BCUT2D eigenvalue weighted by Gasteiger charge is -2.12. The van der Waals surface area contributed by atoms with Gasteiger partial charge in [-0.15, -0.1) is 10.2 Å². The predicted octanol–water partition coefficient (Wildman–Crippen LogP) is 1.42. The van der Waals surface area contributed by atoms with E-state index in [4.69, 9.17) is 5.26 Å². The van der Waals surface area contributed by atoms with Gasteiger partial charge in [-0.25, -0.2) is 22.1 Å². The van der Waals surface area contributed by atoms with Crippen LogP contribution in [0.2, 0.25) is 0 Å². The van der Waals surface area contributed by atoms with E-state index in [0.717, 1.165) is 58.2 Å². The summed E-state index contributed by atoms with van der Waals surface area (Å²) >= 11 is 0. The van der Waals surface area contributed by atoms with Gasteiger partial charge in [-0.3, -0.25) is 0 Å². The number of hydrogen-bond acceptors (Lipinski definition) is 10. The lowest BCUT2D eigenvalue weighted by atomic mass is 10.1. The van der Waals surface area contributed by atoms with Gasteiger partial charge < -0.3 is 32.6 Å². The molecular weight excluding hydrogens is 618 g/mol. The molecule has 0 spiro atoms. The molecule has 0 saturated carbocycles. The Kier molecular flexibility index (Phi) is 12.6. The SMILES string of the molecule is CS(=O)(=O)O[O-].Cn1cc[n+](C)c1N=Nc1ccc(NCCNc2ccc(N=Nc3ccc[n+](C)c3)c3ccccc23)cc1.[Cl-]. The van der Waals surface area contributed by atoms with Gasteiger partial charge in [0.05, 0.1) is 38.4 Å². The third-order valence-electron chi connectivity index (χ3n) is 6.26. The molecule has 0 fully saturated rings. The van der Waals surface area contributed by atoms with Crippen molar-refractivity contribution < 1.29 is 39.6 Å². The molecule has 45 heavy (non-hydrogen) atoms. The number of hydrogen-bond donors (Lipinski definition) is 2. The minimum atomic E-state index is -3.72. The summed E-state index contributed by atoms with van der Waals surface area (Å²) in [4.78, 5) is 0. The van der Waals surface area contributed by atoms with Gasteiger partial charge in [0.2, 0.25) is 0 Å². The summed E-state index contributed by atoms with van der Waals surface area (Å²) in [5.74, 6) is 0.785. The molecule has 13 nitrogen and oxygen atoms in total. The van der Waals surface area contributed by atoms with Crippen molar-refractivity contribution in [3.05, 3.63) is 97.6 Å². The van der Waals surface area contributed by atoms with Crippen LogP contribution in [-0.4, -0.2) is 32.3 Å². The molecule has 15 heteroatoms. The molecule has 2 heterocycles. The average Bonchev–Trinajstić information content (AvgIpc) is 3.34. The van der Waals surface area contributed by atoms with Gasteiger partial charge in [0.25, 0.3) is 10.1 Å². The van der Waals surface area contributed by atoms with Gasteiger partial charge in [-0.05, 0) is 42.5 Å². The Hall–Kier alpha value is -4.76. The largest absolute Gasteiger partial charge is 1.00 e. The number of fused-ring (bicyclic) bond motifs is 1. The second-order valence-electron chi connectivity index (χ2n) is 9.80. The topological polar surface area (TPSA) is 153 Å². The number of pyridine rings is 1. The Bertz CT molecular complexity index is 1860. The van der Waals surface area contributed by atoms with E-state index in [1.165, 1.54) is 0 Å². The van der Waals surface area contributed by atoms with Crippen LogP contribution in [0, 0.1) is 0 Å². The number of rotatable bonds is 10. The summed E-state index contributed by atoms with van der Waals surface area (Å²) in [6, 6.07) is 24.2. The van der Waals surface area contributed by atoms with Crippen molar-refractivity contribution in [2.45, 2.75) is 0 Å². The first-order valence-electron chi connectivity index (χ1n) is 13.5. The smallest absolute Gasteiger partial charge is 0.421 e. The molecule has 0 saturated heterocycles. The molecule has 5 rings (SSSR count). The fourth-order valence-corrected chi connectivity index (χ4v) is 4.14. The third kappa shape index (κ3) is 10.4. The average molecular weight is 652 g/mol. The zero-order valence-corrected chi connectivity index (χ0v) is 26.8. The Morgan fingerprint density at radius 3 is 2.13 bits per heavy atom. The van der Waals surface area contributed by atoms with Crippen molar-refractivity contribution in [2.75, 3.05) is 30.0 Å². The second kappa shape index (κ2) is 16.4. The van der Waals surface area contributed by atoms with Crippen LogP contribution in [0.5, 0.6) is 0 Å². The quantitative estimate of drug-likeness (QED) is 0.0766. The number of aromatic nitrogens is 3. The van der Waals surface area contributed by atoms with Gasteiger partial charge in [0.1, 0.15) is 18.4 Å². The Labute approximate surface area is 268 Å². The first kappa shape index (κ1) is 34.7. The van der Waals surface area contributed by atoms with Crippen LogP contribution in [0.3, 0.4) is 0 Å². The molecule has 236 valence electrons. The number of azo groups is 2. The third-order valence-corrected chi connectivity index (χ3v) is 6.51. The summed E-state index contributed by atoms with van der Waals surface area (Å²) in [5, 5.41) is 35.7. The first-order valence-corrected chi connectivity index (χ1v) is 15.4. The first-order chi connectivity index (χ1) is 21.1. The van der Waals surface area contributed by atoms with Gasteiger partial charge in [0.15, 0.2) is 12.4 Å². The molecule has 5 aromatic rings. The van der Waals surface area contributed by atoms with Crippen molar-refractivity contribution in [1.82, 2.24) is 4.57 Å². The molecule has 3 aromatic carbocycles. The highest BCUT2D eigenvalue weighted by Crippen LogP contribution is 2.32. The zero-order chi connectivity index (χ0) is 31.5. The summed E-state index contributed by atoms with van der Waals surface area (Å²) < 4.78 is 27.4. The van der Waals surface area contributed by atoms with E-state index in [1.807, 2.05) is 114 Å². The molecular formula is C30H34ClN9O4S. The number of imidazole rings is 1. The summed E-state index contributed by atoms with van der Waals surface area (Å²) in [7, 11) is 2.15. The fourth-order valence-electron chi connectivity index (χ4n) is 4.14. The molecule has 0 aliphatic carbocycles. The predicted molar refractivity (Wildman–Crippen MR) is 166 cm³/mol. The van der Waals surface area contributed by atoms with Crippen molar-refractivity contribution in [1.29, 1.82) is 0 Å². The standard InChI is InChI=1S/C29H30N9.CH4O4S.ClH/c1-36-18-6-7-24(21-36)33-34-28-15-14-27(25-8-4-5-9-26(25)28)31-17-16-30-22-10-12-23(13-11-22)32-35-29-37(2)19-20-38(29)3;1-6(3,4)5-2;/h4-15,18-21H,16-17H2,1-3H3,(H,31,33);2H,1H3;1H/q+1;;/p-1. The fraction of sp³-hybridized carbons (Fsp3) is 0.200. The maximum absolute atomic E-state index is 9.47. The maximum atomic E-state index is 9.47. The Morgan fingerprint density at radius 1 is 0.822 bits per heavy atom. The van der Waals surface area contributed by atoms with E-state index < -0.39 is 10.1 Å². The highest BCUT2D eigenvalue weighted by atomic mass is 35.5. The second-order valence-corrected chi connectivity index (χ2v) is 11.3. The molecule has 0 unspecified atom stereocenters. The van der Waals surface area contributed by atoms with Crippen LogP contribution in [0.1, 0.15) is 0 Å². The minimum Gasteiger partial charge on any atom is -1.00 e. The van der Waals surface area contributed by atoms with Gasteiger partial charge in [-0.2, -0.15) is 0 Å². The molecule has 0 aliphatic heterocycles. The van der Waals surface area contributed by atoms with E-state index >= 15 is 0 Å². The van der Waals surface area contributed by atoms with Crippen molar-refractivity contribution >= 4 is 55.3 Å². The van der Waals surface area contributed by atoms with Crippen LogP contribution < -0.4 is 37.4 Å². The van der Waals surface area contributed by atoms with Crippen LogP contribution in [0.25, 0.3) is 10.8 Å². The van der Waals surface area contributed by atoms with Crippen LogP contribution in [0.15, 0.2) is 118 Å². The number of aryl methyl sites for hydroxylation is 3. The summed E-state index contributed by atoms with van der Waals surface area (Å²) in [6.07, 6.45) is 8.49. The number of anilines is 2. The Morgan fingerprint density at radius 2 is 1.49 bits per heavy atom. The van der Waals surface area contributed by atoms with Crippen LogP contribution in [0.4, 0.5) is 34.4 Å². The molecule has 0 radical (unpaired) electrons. The van der Waals surface area contributed by atoms with Crippen molar-refractivity contribution in [3.8, 4) is 0 Å². The van der Waals surface area contributed by atoms with E-state index in [2.05, 4.69) is 53.6 Å². The number of benzene rings is 3. The lowest BCUT2D eigenvalue weighted by molar-refractivity contribution is -0.670. The number of nitrogens with zero attached hydrogens (tertiary/aromatic N) is 7. The highest BCUT2D eigenvalue weighted by molar-refractivity contribution is 7.85. The van der Waals surface area contributed by atoms with Crippen LogP contribution >= 0.6 is 0 Å². The van der Waals surface area contributed by atoms with E-state index in [-0.39, 0.29) is 12.4 Å². The summed E-state index contributed by atoms with van der Waals surface area (Å²) in [5.41, 5.74) is 4.56. The van der Waals surface area contributed by atoms with Crippen LogP contribution in [-0.2, 0) is 35.6 Å². The number of halogens is 1. The maximum Gasteiger partial charge on any atom is 0.421 e. The van der Waals surface area contributed by atoms with Crippen molar-refractivity contribution in [2.24, 2.45) is 41.6 Å². The molecule has 0 bridgehead atoms. The Balaban J connectivity index is 0.000000720. The normalized spacial score (nSPS) is 11.3. The molecule has 0 amide bonds. The lowest BCUT2D eigenvalue weighted by Crippen LogP contribution is -3.00. The molecule has 2 aromatic heterocycles. The summed E-state index contributed by atoms with van der Waals surface area (Å²) in [6.45, 7) is 1.53. The molecule has 2 N–H and O–H groups in total. The highest BCUT2D eigenvalue weighted by Gasteiger charge is 2.10. The van der Waals surface area contributed by atoms with E-state index in [1.54, 1.807) is 0 Å². The molecule has 0 aliphatic rings. The van der Waals surface area contributed by atoms with Gasteiger partial charge >= 0.3 is 5.95 Å². The zero-order valence-electron chi connectivity index (χ0n) is 25.2. The van der Waals surface area contributed by atoms with Gasteiger partial charge in [-0.1, -0.05) is 29.4 Å². The monoisotopic (exact) mass is 651 g/mol. The van der Waals surface area contributed by atoms with Gasteiger partial charge in [0, 0.05) is 46.4 Å². The van der Waals surface area contributed by atoms with E-state index in [9.17, 15) is 8.42 Å². The molecule has 0 atom stereocenters. The minimum absolute atomic E-state index is 0. The van der Waals surface area contributed by atoms with Crippen molar-refractivity contribution in [3.63, 3.8) is 0 Å². The van der Waals surface area contributed by atoms with E-state index in [0.29, 0.717) is 6.26 Å². The number of nitrogens with one attached hydrogen (secondary N) is 2.